The van der Waals surface area contributed by atoms with Crippen molar-refractivity contribution in [2.45, 2.75) is 33.6 Å². The van der Waals surface area contributed by atoms with Crippen LogP contribution in [0.5, 0.6) is 0 Å². The molecule has 0 atom stereocenters. The van der Waals surface area contributed by atoms with E-state index in [1.807, 2.05) is 36.7 Å². The highest BCUT2D eigenvalue weighted by molar-refractivity contribution is 6.30. The topological polar surface area (TPSA) is 59.8 Å². The number of nitrogens with zero attached hydrogens (tertiary/aromatic N) is 3. The number of rotatable bonds is 5. The van der Waals surface area contributed by atoms with Crippen molar-refractivity contribution in [3.05, 3.63) is 40.4 Å². The highest BCUT2D eigenvalue weighted by Gasteiger charge is 2.11. The van der Waals surface area contributed by atoms with E-state index in [1.165, 1.54) is 6.92 Å². The summed E-state index contributed by atoms with van der Waals surface area (Å²) < 4.78 is 1.86. The van der Waals surface area contributed by atoms with Crippen LogP contribution >= 0.6 is 11.6 Å². The van der Waals surface area contributed by atoms with Gasteiger partial charge < -0.3 is 5.32 Å². The van der Waals surface area contributed by atoms with Gasteiger partial charge in [0.15, 0.2) is 0 Å². The lowest BCUT2D eigenvalue weighted by Gasteiger charge is -2.09. The van der Waals surface area contributed by atoms with Crippen molar-refractivity contribution in [1.29, 1.82) is 0 Å². The van der Waals surface area contributed by atoms with Gasteiger partial charge in [-0.2, -0.15) is 5.10 Å². The molecule has 1 aromatic heterocycles. The molecule has 0 saturated carbocycles. The third kappa shape index (κ3) is 4.04. The Morgan fingerprint density at radius 2 is 2.14 bits per heavy atom. The molecule has 112 valence electrons. The number of carbonyl (C=O) groups is 1. The second-order valence-electron chi connectivity index (χ2n) is 5.00. The minimum Gasteiger partial charge on any atom is -0.356 e. The van der Waals surface area contributed by atoms with E-state index >= 15 is 0 Å². The first-order valence-electron chi connectivity index (χ1n) is 6.91. The summed E-state index contributed by atoms with van der Waals surface area (Å²) in [6.45, 7) is 6.03. The summed E-state index contributed by atoms with van der Waals surface area (Å²) in [6.07, 6.45) is 1.58. The molecule has 21 heavy (non-hydrogen) atoms. The molecule has 0 fully saturated rings. The average molecular weight is 307 g/mol. The predicted molar refractivity (Wildman–Crippen MR) is 82.8 cm³/mol. The summed E-state index contributed by atoms with van der Waals surface area (Å²) in [5, 5.41) is 7.96. The molecule has 0 aliphatic rings. The highest BCUT2D eigenvalue weighted by Crippen LogP contribution is 2.20. The molecule has 0 unspecified atom stereocenters. The van der Waals surface area contributed by atoms with Gasteiger partial charge in [0.05, 0.1) is 5.69 Å². The molecule has 0 saturated heterocycles. The van der Waals surface area contributed by atoms with Gasteiger partial charge in [-0.15, -0.1) is 0 Å². The monoisotopic (exact) mass is 306 g/mol. The predicted octanol–water partition coefficient (Wildman–Crippen LogP) is 2.61. The van der Waals surface area contributed by atoms with Gasteiger partial charge in [0, 0.05) is 24.9 Å². The van der Waals surface area contributed by atoms with E-state index in [1.54, 1.807) is 0 Å². The van der Waals surface area contributed by atoms with Crippen LogP contribution < -0.4 is 5.32 Å². The van der Waals surface area contributed by atoms with Crippen LogP contribution in [0.4, 0.5) is 0 Å². The Kier molecular flexibility index (Phi) is 4.96. The zero-order chi connectivity index (χ0) is 15.4. The average Bonchev–Trinajstić information content (AvgIpc) is 2.75. The largest absolute Gasteiger partial charge is 0.356 e. The Bertz CT molecular complexity index is 651. The smallest absolute Gasteiger partial charge is 0.216 e. The van der Waals surface area contributed by atoms with Crippen LogP contribution in [-0.2, 0) is 11.2 Å². The SMILES string of the molecule is CC(=O)NCCCc1nc(C)nn1-c1ccc(Cl)cc1C. The first-order valence-corrected chi connectivity index (χ1v) is 7.28. The molecule has 1 heterocycles. The summed E-state index contributed by atoms with van der Waals surface area (Å²) in [4.78, 5) is 15.3. The Morgan fingerprint density at radius 1 is 1.38 bits per heavy atom. The summed E-state index contributed by atoms with van der Waals surface area (Å²) in [7, 11) is 0. The summed E-state index contributed by atoms with van der Waals surface area (Å²) in [5.41, 5.74) is 2.03. The molecule has 1 N–H and O–H groups in total. The molecule has 2 rings (SSSR count). The zero-order valence-electron chi connectivity index (χ0n) is 12.5. The maximum atomic E-state index is 10.9. The van der Waals surface area contributed by atoms with E-state index in [0.29, 0.717) is 11.6 Å². The fourth-order valence-electron chi connectivity index (χ4n) is 2.18. The molecule has 0 aliphatic heterocycles. The Morgan fingerprint density at radius 3 is 2.81 bits per heavy atom. The van der Waals surface area contributed by atoms with E-state index in [2.05, 4.69) is 15.4 Å². The number of hydrogen-bond donors (Lipinski definition) is 1. The third-order valence-corrected chi connectivity index (χ3v) is 3.35. The Hall–Kier alpha value is -1.88. The van der Waals surface area contributed by atoms with E-state index in [0.717, 1.165) is 35.7 Å². The molecule has 6 heteroatoms. The van der Waals surface area contributed by atoms with Crippen molar-refractivity contribution in [1.82, 2.24) is 20.1 Å². The maximum Gasteiger partial charge on any atom is 0.216 e. The van der Waals surface area contributed by atoms with Crippen molar-refractivity contribution >= 4 is 17.5 Å². The van der Waals surface area contributed by atoms with Crippen molar-refractivity contribution < 1.29 is 4.79 Å². The van der Waals surface area contributed by atoms with Crippen molar-refractivity contribution in [3.63, 3.8) is 0 Å². The van der Waals surface area contributed by atoms with Crippen molar-refractivity contribution in [2.75, 3.05) is 6.54 Å². The van der Waals surface area contributed by atoms with Gasteiger partial charge in [-0.3, -0.25) is 4.79 Å². The van der Waals surface area contributed by atoms with Crippen molar-refractivity contribution in [3.8, 4) is 5.69 Å². The van der Waals surface area contributed by atoms with Crippen LogP contribution in [0.1, 0.15) is 30.6 Å². The van der Waals surface area contributed by atoms with Crippen LogP contribution in [0.15, 0.2) is 18.2 Å². The van der Waals surface area contributed by atoms with Crippen LogP contribution in [-0.4, -0.2) is 27.2 Å². The lowest BCUT2D eigenvalue weighted by Crippen LogP contribution is -2.21. The Balaban J connectivity index is 2.18. The van der Waals surface area contributed by atoms with E-state index in [-0.39, 0.29) is 5.91 Å². The number of nitrogens with one attached hydrogen (secondary N) is 1. The van der Waals surface area contributed by atoms with Crippen LogP contribution in [0.3, 0.4) is 0 Å². The molecule has 5 nitrogen and oxygen atoms in total. The van der Waals surface area contributed by atoms with Crippen LogP contribution in [0.25, 0.3) is 5.69 Å². The standard InChI is InChI=1S/C15H19ClN4O/c1-10-9-13(16)6-7-14(10)20-15(18-11(2)19-20)5-4-8-17-12(3)21/h6-7,9H,4-5,8H2,1-3H3,(H,17,21). The number of carbonyl (C=O) groups excluding carboxylic acids is 1. The molecular weight excluding hydrogens is 288 g/mol. The van der Waals surface area contributed by atoms with E-state index < -0.39 is 0 Å². The highest BCUT2D eigenvalue weighted by atomic mass is 35.5. The second-order valence-corrected chi connectivity index (χ2v) is 5.44. The van der Waals surface area contributed by atoms with Gasteiger partial charge in [0.25, 0.3) is 0 Å². The van der Waals surface area contributed by atoms with Gasteiger partial charge in [-0.1, -0.05) is 11.6 Å². The summed E-state index contributed by atoms with van der Waals surface area (Å²) in [6, 6.07) is 5.71. The molecule has 0 bridgehead atoms. The number of benzene rings is 1. The molecule has 0 aliphatic carbocycles. The minimum absolute atomic E-state index is 0.0128. The number of amides is 1. The maximum absolute atomic E-state index is 10.9. The van der Waals surface area contributed by atoms with Gasteiger partial charge in [0.1, 0.15) is 11.6 Å². The number of halogens is 1. The van der Waals surface area contributed by atoms with Gasteiger partial charge in [-0.05, 0) is 44.0 Å². The summed E-state index contributed by atoms with van der Waals surface area (Å²) >= 11 is 6.00. The first kappa shape index (κ1) is 15.5. The molecule has 2 aromatic rings. The number of aryl methyl sites for hydroxylation is 3. The quantitative estimate of drug-likeness (QED) is 0.864. The number of aromatic nitrogens is 3. The lowest BCUT2D eigenvalue weighted by molar-refractivity contribution is -0.118. The van der Waals surface area contributed by atoms with E-state index in [9.17, 15) is 4.79 Å². The van der Waals surface area contributed by atoms with E-state index in [4.69, 9.17) is 11.6 Å². The zero-order valence-corrected chi connectivity index (χ0v) is 13.2. The van der Waals surface area contributed by atoms with Gasteiger partial charge in [0.2, 0.25) is 5.91 Å². The number of hydrogen-bond acceptors (Lipinski definition) is 3. The summed E-state index contributed by atoms with van der Waals surface area (Å²) in [5.74, 6) is 1.61. The minimum atomic E-state index is -0.0128. The first-order chi connectivity index (χ1) is 9.97. The van der Waals surface area contributed by atoms with Crippen LogP contribution in [0.2, 0.25) is 5.02 Å². The molecule has 0 spiro atoms. The van der Waals surface area contributed by atoms with Gasteiger partial charge in [-0.25, -0.2) is 9.67 Å². The normalized spacial score (nSPS) is 10.7. The second kappa shape index (κ2) is 6.72. The molecule has 1 aromatic carbocycles. The Labute approximate surface area is 129 Å². The third-order valence-electron chi connectivity index (χ3n) is 3.12. The molecular formula is C15H19ClN4O. The lowest BCUT2D eigenvalue weighted by atomic mass is 10.2. The van der Waals surface area contributed by atoms with Crippen molar-refractivity contribution in [2.24, 2.45) is 0 Å². The fraction of sp³-hybridized carbons (Fsp3) is 0.400. The van der Waals surface area contributed by atoms with Crippen LogP contribution in [0, 0.1) is 13.8 Å². The van der Waals surface area contributed by atoms with Gasteiger partial charge >= 0.3 is 0 Å². The molecule has 0 radical (unpaired) electrons. The molecule has 1 amide bonds. The fourth-order valence-corrected chi connectivity index (χ4v) is 2.41.